The van der Waals surface area contributed by atoms with E-state index in [0.717, 1.165) is 31.0 Å². The van der Waals surface area contributed by atoms with E-state index in [1.165, 1.54) is 12.7 Å². The second-order valence-corrected chi connectivity index (χ2v) is 4.95. The van der Waals surface area contributed by atoms with Crippen molar-refractivity contribution in [2.24, 2.45) is 0 Å². The summed E-state index contributed by atoms with van der Waals surface area (Å²) in [6, 6.07) is 8.29. The van der Waals surface area contributed by atoms with Gasteiger partial charge in [0.1, 0.15) is 0 Å². The number of methoxy groups -OCH3 is 1. The predicted octanol–water partition coefficient (Wildman–Crippen LogP) is 3.04. The Balaban J connectivity index is 2.04. The zero-order valence-electron chi connectivity index (χ0n) is 10.6. The monoisotopic (exact) mass is 267 g/mol. The summed E-state index contributed by atoms with van der Waals surface area (Å²) in [5.74, 6) is -0.153. The third kappa shape index (κ3) is 3.03. The molecule has 3 nitrogen and oxygen atoms in total. The number of likely N-dealkylation sites (tertiary alicyclic amines) is 1. The van der Waals surface area contributed by atoms with E-state index in [1.807, 2.05) is 18.2 Å². The summed E-state index contributed by atoms with van der Waals surface area (Å²) < 4.78 is 4.68. The largest absolute Gasteiger partial charge is 0.469 e. The Kier molecular flexibility index (Phi) is 4.61. The molecule has 2 rings (SSSR count). The molecule has 1 aliphatic rings. The van der Waals surface area contributed by atoms with Crippen molar-refractivity contribution >= 4 is 17.6 Å². The average Bonchev–Trinajstić information content (AvgIpc) is 2.84. The highest BCUT2D eigenvalue weighted by molar-refractivity contribution is 6.31. The molecule has 18 heavy (non-hydrogen) atoms. The molecule has 1 aromatic rings. The van der Waals surface area contributed by atoms with Crippen molar-refractivity contribution in [2.45, 2.75) is 25.3 Å². The number of hydrogen-bond acceptors (Lipinski definition) is 3. The van der Waals surface area contributed by atoms with Crippen molar-refractivity contribution in [1.29, 1.82) is 0 Å². The van der Waals surface area contributed by atoms with E-state index in [-0.39, 0.29) is 5.97 Å². The van der Waals surface area contributed by atoms with Gasteiger partial charge < -0.3 is 4.74 Å². The fraction of sp³-hybridized carbons (Fsp3) is 0.500. The topological polar surface area (TPSA) is 29.5 Å². The molecule has 0 aromatic heterocycles. The number of carbonyl (C=O) groups is 1. The van der Waals surface area contributed by atoms with Crippen molar-refractivity contribution in [3.8, 4) is 0 Å². The molecule has 0 spiro atoms. The molecule has 1 heterocycles. The van der Waals surface area contributed by atoms with Crippen LogP contribution in [0.2, 0.25) is 5.02 Å². The maximum Gasteiger partial charge on any atom is 0.306 e. The Bertz CT molecular complexity index is 422. The van der Waals surface area contributed by atoms with Crippen LogP contribution in [-0.2, 0) is 9.53 Å². The highest BCUT2D eigenvalue weighted by Gasteiger charge is 2.27. The van der Waals surface area contributed by atoms with Gasteiger partial charge in [0.15, 0.2) is 0 Å². The first kappa shape index (κ1) is 13.4. The van der Waals surface area contributed by atoms with E-state index in [4.69, 9.17) is 11.6 Å². The summed E-state index contributed by atoms with van der Waals surface area (Å²) in [5, 5.41) is 0.812. The predicted molar refractivity (Wildman–Crippen MR) is 71.6 cm³/mol. The Hall–Kier alpha value is -1.06. The van der Waals surface area contributed by atoms with Crippen molar-refractivity contribution in [3.63, 3.8) is 0 Å². The van der Waals surface area contributed by atoms with Crippen LogP contribution in [0.1, 0.15) is 30.9 Å². The molecule has 0 bridgehead atoms. The molecule has 1 aliphatic heterocycles. The molecule has 98 valence electrons. The van der Waals surface area contributed by atoms with Gasteiger partial charge in [0, 0.05) is 17.6 Å². The third-order valence-corrected chi connectivity index (χ3v) is 3.80. The van der Waals surface area contributed by atoms with Gasteiger partial charge in [-0.3, -0.25) is 9.69 Å². The minimum Gasteiger partial charge on any atom is -0.469 e. The number of ether oxygens (including phenoxy) is 1. The second-order valence-electron chi connectivity index (χ2n) is 4.54. The molecule has 0 amide bonds. The number of carbonyl (C=O) groups excluding carboxylic acids is 1. The van der Waals surface area contributed by atoms with Gasteiger partial charge in [-0.1, -0.05) is 29.8 Å². The van der Waals surface area contributed by atoms with E-state index in [0.29, 0.717) is 12.5 Å². The first-order chi connectivity index (χ1) is 8.72. The lowest BCUT2D eigenvalue weighted by Crippen LogP contribution is -2.26. The fourth-order valence-corrected chi connectivity index (χ4v) is 2.79. The SMILES string of the molecule is COC(=O)CCN1CCC[C@@H]1c1ccccc1Cl. The molecule has 0 unspecified atom stereocenters. The highest BCUT2D eigenvalue weighted by atomic mass is 35.5. The summed E-state index contributed by atoms with van der Waals surface area (Å²) in [6.07, 6.45) is 2.69. The van der Waals surface area contributed by atoms with E-state index in [9.17, 15) is 4.79 Å². The van der Waals surface area contributed by atoms with Crippen molar-refractivity contribution in [1.82, 2.24) is 4.90 Å². The van der Waals surface area contributed by atoms with Crippen LogP contribution in [0.5, 0.6) is 0 Å². The zero-order valence-corrected chi connectivity index (χ0v) is 11.3. The van der Waals surface area contributed by atoms with Crippen LogP contribution < -0.4 is 0 Å². The molecule has 1 fully saturated rings. The molecule has 0 N–H and O–H groups in total. The number of benzene rings is 1. The van der Waals surface area contributed by atoms with Crippen LogP contribution in [-0.4, -0.2) is 31.1 Å². The highest BCUT2D eigenvalue weighted by Crippen LogP contribution is 2.35. The van der Waals surface area contributed by atoms with Gasteiger partial charge in [-0.2, -0.15) is 0 Å². The van der Waals surface area contributed by atoms with Crippen LogP contribution >= 0.6 is 11.6 Å². The maximum atomic E-state index is 11.2. The Morgan fingerprint density at radius 3 is 3.00 bits per heavy atom. The quantitative estimate of drug-likeness (QED) is 0.786. The number of halogens is 1. The van der Waals surface area contributed by atoms with Crippen LogP contribution in [0.3, 0.4) is 0 Å². The van der Waals surface area contributed by atoms with Gasteiger partial charge in [-0.15, -0.1) is 0 Å². The first-order valence-electron chi connectivity index (χ1n) is 6.27. The van der Waals surface area contributed by atoms with Crippen LogP contribution in [0.25, 0.3) is 0 Å². The van der Waals surface area contributed by atoms with E-state index < -0.39 is 0 Å². The Labute approximate surface area is 113 Å². The number of hydrogen-bond donors (Lipinski definition) is 0. The number of nitrogens with zero attached hydrogens (tertiary/aromatic N) is 1. The smallest absolute Gasteiger partial charge is 0.306 e. The van der Waals surface area contributed by atoms with E-state index in [2.05, 4.69) is 15.7 Å². The third-order valence-electron chi connectivity index (χ3n) is 3.46. The maximum absolute atomic E-state index is 11.2. The summed E-state index contributed by atoms with van der Waals surface area (Å²) in [6.45, 7) is 1.76. The normalized spacial score (nSPS) is 20.0. The lowest BCUT2D eigenvalue weighted by Gasteiger charge is -2.25. The molecule has 0 saturated carbocycles. The Morgan fingerprint density at radius 2 is 2.28 bits per heavy atom. The van der Waals surface area contributed by atoms with Crippen molar-refractivity contribution in [3.05, 3.63) is 34.9 Å². The van der Waals surface area contributed by atoms with Gasteiger partial charge in [0.2, 0.25) is 0 Å². The molecule has 0 radical (unpaired) electrons. The lowest BCUT2D eigenvalue weighted by atomic mass is 10.0. The summed E-state index contributed by atoms with van der Waals surface area (Å²) in [4.78, 5) is 13.5. The summed E-state index contributed by atoms with van der Waals surface area (Å²) >= 11 is 6.24. The molecular formula is C14H18ClNO2. The van der Waals surface area contributed by atoms with Crippen molar-refractivity contribution < 1.29 is 9.53 Å². The standard InChI is InChI=1S/C14H18ClNO2/c1-18-14(17)8-10-16-9-4-7-13(16)11-5-2-3-6-12(11)15/h2-3,5-6,13H,4,7-10H2,1H3/t13-/m1/s1. The zero-order chi connectivity index (χ0) is 13.0. The number of esters is 1. The fourth-order valence-electron chi connectivity index (χ4n) is 2.53. The van der Waals surface area contributed by atoms with Crippen molar-refractivity contribution in [2.75, 3.05) is 20.2 Å². The van der Waals surface area contributed by atoms with Gasteiger partial charge in [-0.05, 0) is 31.0 Å². The molecule has 1 aromatic carbocycles. The van der Waals surface area contributed by atoms with Crippen LogP contribution in [0, 0.1) is 0 Å². The second kappa shape index (κ2) is 6.21. The minimum absolute atomic E-state index is 0.153. The summed E-state index contributed by atoms with van der Waals surface area (Å²) in [7, 11) is 1.43. The Morgan fingerprint density at radius 1 is 1.50 bits per heavy atom. The van der Waals surface area contributed by atoms with Crippen LogP contribution in [0.4, 0.5) is 0 Å². The molecule has 1 saturated heterocycles. The minimum atomic E-state index is -0.153. The molecule has 0 aliphatic carbocycles. The van der Waals surface area contributed by atoms with Crippen LogP contribution in [0.15, 0.2) is 24.3 Å². The summed E-state index contributed by atoms with van der Waals surface area (Å²) in [5.41, 5.74) is 1.17. The molecular weight excluding hydrogens is 250 g/mol. The first-order valence-corrected chi connectivity index (χ1v) is 6.65. The average molecular weight is 268 g/mol. The molecule has 4 heteroatoms. The number of rotatable bonds is 4. The molecule has 1 atom stereocenters. The van der Waals surface area contributed by atoms with Gasteiger partial charge in [0.25, 0.3) is 0 Å². The van der Waals surface area contributed by atoms with Gasteiger partial charge >= 0.3 is 5.97 Å². The van der Waals surface area contributed by atoms with E-state index in [1.54, 1.807) is 0 Å². The lowest BCUT2D eigenvalue weighted by molar-refractivity contribution is -0.141. The van der Waals surface area contributed by atoms with Gasteiger partial charge in [0.05, 0.1) is 13.5 Å². The van der Waals surface area contributed by atoms with Gasteiger partial charge in [-0.25, -0.2) is 0 Å². The van der Waals surface area contributed by atoms with E-state index >= 15 is 0 Å².